The number of benzene rings is 2. The third-order valence-corrected chi connectivity index (χ3v) is 7.29. The molecule has 2 saturated heterocycles. The Morgan fingerprint density at radius 3 is 2.58 bits per heavy atom. The van der Waals surface area contributed by atoms with Crippen molar-refractivity contribution in [2.75, 3.05) is 38.6 Å². The Bertz CT molecular complexity index is 1220. The van der Waals surface area contributed by atoms with Gasteiger partial charge in [0.1, 0.15) is 11.9 Å². The van der Waals surface area contributed by atoms with E-state index in [1.165, 1.54) is 0 Å². The van der Waals surface area contributed by atoms with Crippen LogP contribution in [0.2, 0.25) is 0 Å². The van der Waals surface area contributed by atoms with Crippen LogP contribution in [0.5, 0.6) is 5.75 Å². The van der Waals surface area contributed by atoms with E-state index >= 15 is 0 Å². The van der Waals surface area contributed by atoms with Crippen LogP contribution in [0.1, 0.15) is 34.3 Å². The number of nitrogens with one attached hydrogen (secondary N) is 2. The Morgan fingerprint density at radius 1 is 1.18 bits per heavy atom. The van der Waals surface area contributed by atoms with Crippen molar-refractivity contribution in [2.24, 2.45) is 10.9 Å². The first-order valence-electron chi connectivity index (χ1n) is 13.2. The van der Waals surface area contributed by atoms with Crippen molar-refractivity contribution in [3.63, 3.8) is 0 Å². The quantitative estimate of drug-likeness (QED) is 0.229. The summed E-state index contributed by atoms with van der Waals surface area (Å²) in [5.41, 5.74) is 8.66. The average Bonchev–Trinajstić information content (AvgIpc) is 3.71. The minimum Gasteiger partial charge on any atom is -0.488 e. The number of nitrogens with zero attached hydrogens (tertiary/aromatic N) is 2. The Kier molecular flexibility index (Phi) is 8.00. The van der Waals surface area contributed by atoms with E-state index in [0.717, 1.165) is 44.9 Å². The molecule has 2 aromatic rings. The van der Waals surface area contributed by atoms with Gasteiger partial charge in [-0.3, -0.25) is 20.1 Å². The highest BCUT2D eigenvalue weighted by Crippen LogP contribution is 2.33. The van der Waals surface area contributed by atoms with Gasteiger partial charge in [0.2, 0.25) is 0 Å². The largest absolute Gasteiger partial charge is 0.488 e. The summed E-state index contributed by atoms with van der Waals surface area (Å²) in [7, 11) is 0. The predicted octanol–water partition coefficient (Wildman–Crippen LogP) is 3.47. The van der Waals surface area contributed by atoms with Crippen molar-refractivity contribution >= 4 is 23.5 Å². The minimum atomic E-state index is -0.181. The molecule has 1 atom stereocenters. The fourth-order valence-corrected chi connectivity index (χ4v) is 4.66. The first-order valence-corrected chi connectivity index (χ1v) is 13.2. The van der Waals surface area contributed by atoms with Crippen molar-refractivity contribution in [1.82, 2.24) is 10.2 Å². The number of allylic oxidation sites excluding steroid dienone is 3. The molecule has 8 heteroatoms. The van der Waals surface area contributed by atoms with Crippen molar-refractivity contribution < 1.29 is 14.3 Å². The summed E-state index contributed by atoms with van der Waals surface area (Å²) in [4.78, 5) is 19.9. The number of amides is 1. The molecule has 0 bridgehead atoms. The smallest absolute Gasteiger partial charge is 0.251 e. The summed E-state index contributed by atoms with van der Waals surface area (Å²) in [6, 6.07) is 13.1. The van der Waals surface area contributed by atoms with Gasteiger partial charge in [-0.2, -0.15) is 0 Å². The van der Waals surface area contributed by atoms with E-state index in [9.17, 15) is 4.79 Å². The highest BCUT2D eigenvalue weighted by Gasteiger charge is 2.37. The van der Waals surface area contributed by atoms with Gasteiger partial charge < -0.3 is 20.5 Å². The molecule has 1 aliphatic carbocycles. The van der Waals surface area contributed by atoms with E-state index in [1.807, 2.05) is 36.4 Å². The molecule has 2 aliphatic heterocycles. The zero-order valence-corrected chi connectivity index (χ0v) is 21.5. The minimum absolute atomic E-state index is 0.0197. The van der Waals surface area contributed by atoms with E-state index in [-0.39, 0.29) is 23.8 Å². The Balaban J connectivity index is 1.19. The van der Waals surface area contributed by atoms with E-state index in [4.69, 9.17) is 20.6 Å². The SMILES string of the molecule is C=C/C=C\C=NCC(NC(=O)c1ccc(N)c(C(=N)c2ccc(OC3CN(C4COC4)C3)cc2)c1)C1CC1. The molecule has 0 aromatic heterocycles. The summed E-state index contributed by atoms with van der Waals surface area (Å²) in [5, 5.41) is 11.9. The first kappa shape index (κ1) is 25.9. The van der Waals surface area contributed by atoms with Crippen LogP contribution < -0.4 is 15.8 Å². The van der Waals surface area contributed by atoms with Crippen molar-refractivity contribution in [3.8, 4) is 5.75 Å². The molecule has 1 unspecified atom stereocenters. The van der Waals surface area contributed by atoms with Gasteiger partial charge in [0.05, 0.1) is 37.6 Å². The fraction of sp³-hybridized carbons (Fsp3) is 0.367. The molecule has 1 saturated carbocycles. The van der Waals surface area contributed by atoms with Crippen molar-refractivity contribution in [1.29, 1.82) is 5.41 Å². The van der Waals surface area contributed by atoms with Crippen LogP contribution in [0.4, 0.5) is 5.69 Å². The molecule has 3 aliphatic rings. The molecule has 0 radical (unpaired) electrons. The van der Waals surface area contributed by atoms with Crippen LogP contribution in [-0.2, 0) is 4.74 Å². The first-order chi connectivity index (χ1) is 18.5. The maximum absolute atomic E-state index is 13.1. The van der Waals surface area contributed by atoms with Gasteiger partial charge in [0.25, 0.3) is 5.91 Å². The Morgan fingerprint density at radius 2 is 1.92 bits per heavy atom. The summed E-state index contributed by atoms with van der Waals surface area (Å²) in [5.74, 6) is 1.05. The van der Waals surface area contributed by atoms with Crippen LogP contribution in [0.3, 0.4) is 0 Å². The number of aliphatic imine (C=N–C) groups is 1. The summed E-state index contributed by atoms with van der Waals surface area (Å²) in [6.07, 6.45) is 9.42. The van der Waals surface area contributed by atoms with Gasteiger partial charge in [-0.25, -0.2) is 0 Å². The van der Waals surface area contributed by atoms with Gasteiger partial charge in [-0.15, -0.1) is 0 Å². The number of ether oxygens (including phenoxy) is 2. The third kappa shape index (κ3) is 6.20. The third-order valence-electron chi connectivity index (χ3n) is 7.29. The molecule has 5 rings (SSSR count). The molecule has 4 N–H and O–H groups in total. The number of hydrogen-bond acceptors (Lipinski definition) is 7. The lowest BCUT2D eigenvalue weighted by Crippen LogP contribution is -2.62. The van der Waals surface area contributed by atoms with Gasteiger partial charge >= 0.3 is 0 Å². The second kappa shape index (κ2) is 11.8. The fourth-order valence-electron chi connectivity index (χ4n) is 4.66. The number of carbonyl (C=O) groups excluding carboxylic acids is 1. The van der Waals surface area contributed by atoms with Crippen LogP contribution in [0.15, 0.2) is 72.3 Å². The number of anilines is 1. The zero-order valence-electron chi connectivity index (χ0n) is 21.5. The maximum atomic E-state index is 13.1. The number of hydrogen-bond donors (Lipinski definition) is 3. The molecule has 0 spiro atoms. The van der Waals surface area contributed by atoms with Gasteiger partial charge in [-0.05, 0) is 67.3 Å². The van der Waals surface area contributed by atoms with E-state index < -0.39 is 0 Å². The maximum Gasteiger partial charge on any atom is 0.251 e. The number of likely N-dealkylation sites (tertiary alicyclic amines) is 1. The predicted molar refractivity (Wildman–Crippen MR) is 150 cm³/mol. The lowest BCUT2D eigenvalue weighted by Gasteiger charge is -2.46. The van der Waals surface area contributed by atoms with Gasteiger partial charge in [0.15, 0.2) is 0 Å². The Labute approximate surface area is 223 Å². The van der Waals surface area contributed by atoms with Gasteiger partial charge in [0, 0.05) is 41.7 Å². The van der Waals surface area contributed by atoms with Crippen LogP contribution >= 0.6 is 0 Å². The zero-order chi connectivity index (χ0) is 26.5. The topological polar surface area (TPSA) is 113 Å². The standard InChI is InChI=1S/C30H35N5O3/c1-2-3-4-13-33-15-28(20-5-6-20)34-30(36)22-9-12-27(31)26(14-22)29(32)21-7-10-24(11-8-21)38-25-16-35(17-25)23-18-37-19-23/h2-4,7-14,20,23,25,28,32H,1,5-6,15-19,31H2,(H,34,36)/b4-3-,32-29?,33-13?. The van der Waals surface area contributed by atoms with Crippen LogP contribution in [0, 0.1) is 11.3 Å². The number of rotatable bonds is 12. The van der Waals surface area contributed by atoms with Crippen molar-refractivity contribution in [3.05, 3.63) is 84.0 Å². The molecule has 2 heterocycles. The van der Waals surface area contributed by atoms with Crippen LogP contribution in [-0.4, -0.2) is 73.8 Å². The summed E-state index contributed by atoms with van der Waals surface area (Å²) in [6.45, 7) is 7.63. The molecule has 38 heavy (non-hydrogen) atoms. The summed E-state index contributed by atoms with van der Waals surface area (Å²) < 4.78 is 11.3. The summed E-state index contributed by atoms with van der Waals surface area (Å²) >= 11 is 0. The Hall–Kier alpha value is -3.75. The van der Waals surface area contributed by atoms with Crippen LogP contribution in [0.25, 0.3) is 0 Å². The normalized spacial score (nSPS) is 19.2. The lowest BCUT2D eigenvalue weighted by molar-refractivity contribution is -0.115. The highest BCUT2D eigenvalue weighted by atomic mass is 16.5. The monoisotopic (exact) mass is 513 g/mol. The molecular weight excluding hydrogens is 478 g/mol. The number of nitrogen functional groups attached to an aromatic ring is 1. The van der Waals surface area contributed by atoms with Crippen molar-refractivity contribution in [2.45, 2.75) is 31.0 Å². The second-order valence-corrected chi connectivity index (χ2v) is 10.1. The highest BCUT2D eigenvalue weighted by molar-refractivity contribution is 6.14. The van der Waals surface area contributed by atoms with E-state index in [0.29, 0.717) is 40.9 Å². The second-order valence-electron chi connectivity index (χ2n) is 10.1. The lowest BCUT2D eigenvalue weighted by atomic mass is 9.98. The molecule has 8 nitrogen and oxygen atoms in total. The average molecular weight is 514 g/mol. The molecular formula is C30H35N5O3. The van der Waals surface area contributed by atoms with E-state index in [2.05, 4.69) is 21.8 Å². The van der Waals surface area contributed by atoms with Gasteiger partial charge in [-0.1, -0.05) is 18.7 Å². The number of carbonyl (C=O) groups is 1. The van der Waals surface area contributed by atoms with E-state index in [1.54, 1.807) is 30.5 Å². The molecule has 198 valence electrons. The molecule has 2 aromatic carbocycles. The molecule has 1 amide bonds. The number of nitrogens with two attached hydrogens (primary N) is 1. The molecule has 3 fully saturated rings.